The lowest BCUT2D eigenvalue weighted by atomic mass is 9.89. The van der Waals surface area contributed by atoms with Crippen LogP contribution in [0.25, 0.3) is 66.8 Å². The van der Waals surface area contributed by atoms with E-state index >= 15 is 0 Å². The summed E-state index contributed by atoms with van der Waals surface area (Å²) >= 11 is 0. The Bertz CT molecular complexity index is 3090. The third-order valence-corrected chi connectivity index (χ3v) is 13.1. The van der Waals surface area contributed by atoms with E-state index in [2.05, 4.69) is 0 Å². The summed E-state index contributed by atoms with van der Waals surface area (Å²) in [5, 5.41) is 0. The normalized spacial score (nSPS) is 15.8. The van der Waals surface area contributed by atoms with Gasteiger partial charge < -0.3 is 37.9 Å². The van der Waals surface area contributed by atoms with Crippen LogP contribution < -0.4 is 0 Å². The molecular weight excluding hydrogens is 1070 g/mol. The third-order valence-electron chi connectivity index (χ3n) is 13.1. The van der Waals surface area contributed by atoms with Crippen LogP contribution >= 0.6 is 0 Å². The van der Waals surface area contributed by atoms with Crippen molar-refractivity contribution in [2.24, 2.45) is 0 Å². The van der Waals surface area contributed by atoms with Crippen LogP contribution in [0, 0.1) is 0 Å². The fourth-order valence-corrected chi connectivity index (χ4v) is 9.46. The van der Waals surface area contributed by atoms with Crippen LogP contribution in [-0.2, 0) is 76.3 Å². The second kappa shape index (κ2) is 29.1. The van der Waals surface area contributed by atoms with Gasteiger partial charge in [0, 0.05) is 0 Å². The predicted octanol–water partition coefficient (Wildman–Crippen LogP) is 11.5. The van der Waals surface area contributed by atoms with Crippen LogP contribution in [0.4, 0.5) is 0 Å². The van der Waals surface area contributed by atoms with Gasteiger partial charge in [-0.1, -0.05) is 146 Å². The Labute approximate surface area is 487 Å². The van der Waals surface area contributed by atoms with Crippen molar-refractivity contribution in [1.82, 2.24) is 0 Å². The maximum atomic E-state index is 14.2. The second-order valence-electron chi connectivity index (χ2n) is 18.2. The van der Waals surface area contributed by atoms with Crippen LogP contribution in [0.1, 0.15) is 99.9 Å². The van der Waals surface area contributed by atoms with Gasteiger partial charge in [0.1, 0.15) is 0 Å². The molecule has 12 bridgehead atoms. The minimum atomic E-state index is -0.839. The first-order valence-corrected chi connectivity index (χ1v) is 27.7. The number of rotatable bonds is 16. The third kappa shape index (κ3) is 13.8. The number of carbonyl (C=O) groups is 8. The summed E-state index contributed by atoms with van der Waals surface area (Å²) in [6.07, 6.45) is 0. The molecule has 0 atom stereocenters. The number of hydrogen-bond donors (Lipinski definition) is 0. The molecule has 16 nitrogen and oxygen atoms in total. The first kappa shape index (κ1) is 61.7. The van der Waals surface area contributed by atoms with Gasteiger partial charge in [0.15, 0.2) is 0 Å². The standard InChI is InChI=1S/C68H64O16/c1-9-77-61(69)53-45-25-17-41(18-26-45)42-19-27-46(28-20-42)55(63(71)79-11-3)59(67(75)83-15-7)51-37-39-52(40-38-51)60(68(76)84-16-8)56(64(72)80-12-4)48-31-23-44(24-32-48)43-21-29-47(30-22-43)54(62(70)78-10-2)58(66(74)82-14-6)50-35-33-49(34-36-50)57(53)65(73)81-13-5/h17-40H,9-16H2,1-8H3/b42-41?,44-43?,53-45?,54-47?,55-46?,56-48?,57-49?,57-53-,58-50?,58-54-,59-51?,59-55-,60-52?,60-56-. The number of hydrogen-bond acceptors (Lipinski definition) is 16. The van der Waals surface area contributed by atoms with E-state index in [0.29, 0.717) is 44.5 Å². The Morgan fingerprint density at radius 2 is 0.262 bits per heavy atom. The van der Waals surface area contributed by atoms with Crippen LogP contribution in [-0.4, -0.2) is 101 Å². The SMILES string of the molecule is CCOC(=O)/C1=C(\C(=O)OCC)c2ccc(cc2)-c2ccc(cc2)/C(C(=O)OCC)=C(/C(=O)OCC)c2ccc(cc2)/C(C(=O)OCC)=C(/C(=O)OCC)c2ccc(cc2)-c2ccc(cc2)/C(C(=O)OCC)=C(/C(=O)OCC)c2ccc1cc2. The summed E-state index contributed by atoms with van der Waals surface area (Å²) in [5.74, 6) is -6.64. The summed E-state index contributed by atoms with van der Waals surface area (Å²) in [4.78, 5) is 113. The largest absolute Gasteiger partial charge is 0.462 e. The van der Waals surface area contributed by atoms with E-state index in [4.69, 9.17) is 37.9 Å². The summed E-state index contributed by atoms with van der Waals surface area (Å²) in [5.41, 5.74) is 3.62. The summed E-state index contributed by atoms with van der Waals surface area (Å²) < 4.78 is 44.5. The van der Waals surface area contributed by atoms with Crippen molar-refractivity contribution in [3.05, 3.63) is 190 Å². The van der Waals surface area contributed by atoms with Crippen molar-refractivity contribution >= 4 is 92.3 Å². The van der Waals surface area contributed by atoms with Crippen LogP contribution in [0.15, 0.2) is 146 Å². The Kier molecular flexibility index (Phi) is 21.4. The topological polar surface area (TPSA) is 210 Å². The number of carbonyl (C=O) groups excluding carboxylic acids is 8. The average Bonchev–Trinajstić information content (AvgIpc) is 3.34. The maximum absolute atomic E-state index is 14.2. The molecule has 0 radical (unpaired) electrons. The molecule has 432 valence electrons. The molecule has 16 rings (SSSR count). The Morgan fingerprint density at radius 3 is 0.345 bits per heavy atom. The van der Waals surface area contributed by atoms with E-state index in [0.717, 1.165) is 0 Å². The molecule has 6 aromatic rings. The van der Waals surface area contributed by atoms with E-state index < -0.39 is 47.8 Å². The highest BCUT2D eigenvalue weighted by Gasteiger charge is 2.32. The molecular formula is C68H64O16. The second-order valence-corrected chi connectivity index (χ2v) is 18.2. The fourth-order valence-electron chi connectivity index (χ4n) is 9.46. The zero-order valence-corrected chi connectivity index (χ0v) is 48.0. The summed E-state index contributed by atoms with van der Waals surface area (Å²) in [7, 11) is 0. The molecule has 10 aliphatic carbocycles. The van der Waals surface area contributed by atoms with Crippen LogP contribution in [0.5, 0.6) is 0 Å². The first-order valence-electron chi connectivity index (χ1n) is 27.7. The van der Waals surface area contributed by atoms with Crippen LogP contribution in [0.2, 0.25) is 0 Å². The Morgan fingerprint density at radius 1 is 0.179 bits per heavy atom. The van der Waals surface area contributed by atoms with E-state index in [9.17, 15) is 38.4 Å². The van der Waals surface area contributed by atoms with Gasteiger partial charge in [-0.15, -0.1) is 0 Å². The van der Waals surface area contributed by atoms with Gasteiger partial charge in [-0.2, -0.15) is 0 Å². The molecule has 10 aliphatic rings. The molecule has 0 saturated carbocycles. The van der Waals surface area contributed by atoms with Crippen LogP contribution in [0.3, 0.4) is 0 Å². The Hall–Kier alpha value is -9.96. The van der Waals surface area contributed by atoms with E-state index in [1.54, 1.807) is 152 Å². The van der Waals surface area contributed by atoms with Gasteiger partial charge in [0.05, 0.1) is 97.4 Å². The molecule has 0 unspecified atom stereocenters. The van der Waals surface area contributed by atoms with Gasteiger partial charge in [-0.3, -0.25) is 0 Å². The summed E-state index contributed by atoms with van der Waals surface area (Å²) in [6, 6.07) is 39.1. The lowest BCUT2D eigenvalue weighted by Crippen LogP contribution is -2.17. The Balaban J connectivity index is 1.56. The van der Waals surface area contributed by atoms with Gasteiger partial charge in [-0.05, 0) is 122 Å². The highest BCUT2D eigenvalue weighted by molar-refractivity contribution is 6.40. The molecule has 84 heavy (non-hydrogen) atoms. The number of esters is 8. The van der Waals surface area contributed by atoms with E-state index in [-0.39, 0.29) is 120 Å². The quantitative estimate of drug-likeness (QED) is 0.0651. The van der Waals surface area contributed by atoms with Crippen molar-refractivity contribution in [2.45, 2.75) is 55.4 Å². The van der Waals surface area contributed by atoms with Gasteiger partial charge in [0.2, 0.25) is 0 Å². The maximum Gasteiger partial charge on any atom is 0.339 e. The zero-order valence-electron chi connectivity index (χ0n) is 48.0. The van der Waals surface area contributed by atoms with Gasteiger partial charge >= 0.3 is 47.8 Å². The molecule has 6 aromatic carbocycles. The predicted molar refractivity (Wildman–Crippen MR) is 317 cm³/mol. The molecule has 0 aromatic heterocycles. The molecule has 0 saturated heterocycles. The molecule has 0 fully saturated rings. The summed E-state index contributed by atoms with van der Waals surface area (Å²) in [6.45, 7) is 12.7. The zero-order chi connectivity index (χ0) is 60.5. The highest BCUT2D eigenvalue weighted by atomic mass is 16.6. The molecule has 0 N–H and O–H groups in total. The van der Waals surface area contributed by atoms with Gasteiger partial charge in [0.25, 0.3) is 0 Å². The number of benzene rings is 6. The smallest absolute Gasteiger partial charge is 0.339 e. The monoisotopic (exact) mass is 1140 g/mol. The first-order chi connectivity index (χ1) is 40.7. The fraction of sp³-hybridized carbons (Fsp3) is 0.235. The van der Waals surface area contributed by atoms with E-state index in [1.165, 1.54) is 48.5 Å². The van der Waals surface area contributed by atoms with Crippen molar-refractivity contribution in [1.29, 1.82) is 0 Å². The lowest BCUT2D eigenvalue weighted by molar-refractivity contribution is -0.138. The molecule has 16 heteroatoms. The number of ether oxygens (including phenoxy) is 8. The van der Waals surface area contributed by atoms with Crippen molar-refractivity contribution in [3.63, 3.8) is 0 Å². The lowest BCUT2D eigenvalue weighted by Gasteiger charge is -2.18. The molecule has 0 aliphatic heterocycles. The minimum absolute atomic E-state index is 0.0312. The average molecular weight is 1140 g/mol. The van der Waals surface area contributed by atoms with Crippen molar-refractivity contribution < 1.29 is 76.3 Å². The molecule has 0 amide bonds. The minimum Gasteiger partial charge on any atom is -0.462 e. The molecule has 0 spiro atoms. The molecule has 0 heterocycles. The van der Waals surface area contributed by atoms with E-state index in [1.807, 2.05) is 0 Å². The van der Waals surface area contributed by atoms with Gasteiger partial charge in [-0.25, -0.2) is 38.4 Å². The van der Waals surface area contributed by atoms with Crippen molar-refractivity contribution in [2.75, 3.05) is 52.9 Å². The van der Waals surface area contributed by atoms with Crippen molar-refractivity contribution in [3.8, 4) is 22.3 Å². The highest BCUT2D eigenvalue weighted by Crippen LogP contribution is 2.38.